The van der Waals surface area contributed by atoms with E-state index in [1.165, 1.54) is 63.1 Å². The third-order valence-electron chi connectivity index (χ3n) is 7.19. The Morgan fingerprint density at radius 1 is 1.07 bits per heavy atom. The largest absolute Gasteiger partial charge is 0.374 e. The molecule has 1 spiro atoms. The van der Waals surface area contributed by atoms with E-state index in [9.17, 15) is 0 Å². The van der Waals surface area contributed by atoms with Crippen LogP contribution in [0.3, 0.4) is 0 Å². The molecule has 1 saturated carbocycles. The second kappa shape index (κ2) is 7.20. The van der Waals surface area contributed by atoms with Crippen molar-refractivity contribution < 1.29 is 0 Å². The van der Waals surface area contributed by atoms with Gasteiger partial charge in [-0.15, -0.1) is 0 Å². The van der Waals surface area contributed by atoms with E-state index in [-0.39, 0.29) is 0 Å². The van der Waals surface area contributed by atoms with Crippen molar-refractivity contribution in [3.63, 3.8) is 0 Å². The van der Waals surface area contributed by atoms with Crippen LogP contribution < -0.4 is 0 Å². The van der Waals surface area contributed by atoms with Crippen molar-refractivity contribution in [1.29, 1.82) is 0 Å². The zero-order chi connectivity index (χ0) is 19.2. The molecule has 0 radical (unpaired) electrons. The van der Waals surface area contributed by atoms with Gasteiger partial charge in [-0.1, -0.05) is 34.3 Å². The quantitative estimate of drug-likeness (QED) is 0.770. The SMILES string of the molecule is C=C(C(C)C)N1CC2(CC(N3CCC(c4cnc(C(C)C)nc4)CC3)C2)C1. The van der Waals surface area contributed by atoms with Crippen molar-refractivity contribution in [2.45, 2.75) is 71.3 Å². The van der Waals surface area contributed by atoms with Gasteiger partial charge in [-0.05, 0) is 56.2 Å². The maximum atomic E-state index is 4.57. The van der Waals surface area contributed by atoms with Crippen LogP contribution in [0.5, 0.6) is 0 Å². The maximum absolute atomic E-state index is 4.57. The molecule has 1 aromatic rings. The lowest BCUT2D eigenvalue weighted by Crippen LogP contribution is -2.66. The summed E-state index contributed by atoms with van der Waals surface area (Å²) in [5.41, 5.74) is 3.28. The van der Waals surface area contributed by atoms with E-state index in [0.29, 0.717) is 23.2 Å². The summed E-state index contributed by atoms with van der Waals surface area (Å²) in [5.74, 6) is 2.60. The minimum absolute atomic E-state index is 0.409. The van der Waals surface area contributed by atoms with Gasteiger partial charge in [-0.3, -0.25) is 0 Å². The van der Waals surface area contributed by atoms with Crippen LogP contribution >= 0.6 is 0 Å². The van der Waals surface area contributed by atoms with Crippen molar-refractivity contribution in [2.24, 2.45) is 11.3 Å². The highest BCUT2D eigenvalue weighted by Gasteiger charge is 2.54. The minimum Gasteiger partial charge on any atom is -0.374 e. The van der Waals surface area contributed by atoms with Crippen LogP contribution in [0.2, 0.25) is 0 Å². The highest BCUT2D eigenvalue weighted by atomic mass is 15.3. The second-order valence-electron chi connectivity index (χ2n) is 9.90. The van der Waals surface area contributed by atoms with Crippen LogP contribution in [-0.2, 0) is 0 Å². The molecule has 0 unspecified atom stereocenters. The fourth-order valence-corrected chi connectivity index (χ4v) is 5.24. The third-order valence-corrected chi connectivity index (χ3v) is 7.19. The molecule has 0 atom stereocenters. The Labute approximate surface area is 165 Å². The molecule has 4 rings (SSSR count). The Balaban J connectivity index is 1.23. The molecule has 4 heteroatoms. The Morgan fingerprint density at radius 3 is 2.19 bits per heavy atom. The van der Waals surface area contributed by atoms with Crippen LogP contribution in [0.15, 0.2) is 24.7 Å². The molecular formula is C23H36N4. The molecule has 3 fully saturated rings. The summed E-state index contributed by atoms with van der Waals surface area (Å²) in [7, 11) is 0. The summed E-state index contributed by atoms with van der Waals surface area (Å²) in [4.78, 5) is 14.4. The number of piperidine rings is 1. The summed E-state index contributed by atoms with van der Waals surface area (Å²) in [6, 6.07) is 0.819. The smallest absolute Gasteiger partial charge is 0.130 e. The van der Waals surface area contributed by atoms with E-state index in [1.807, 2.05) is 0 Å². The number of rotatable bonds is 5. The predicted molar refractivity (Wildman–Crippen MR) is 111 cm³/mol. The number of hydrogen-bond donors (Lipinski definition) is 0. The lowest BCUT2D eigenvalue weighted by Gasteiger charge is -2.63. The summed E-state index contributed by atoms with van der Waals surface area (Å²) < 4.78 is 0. The zero-order valence-electron chi connectivity index (χ0n) is 17.6. The molecule has 148 valence electrons. The first-order chi connectivity index (χ1) is 12.9. The van der Waals surface area contributed by atoms with Gasteiger partial charge in [0, 0.05) is 48.6 Å². The summed E-state index contributed by atoms with van der Waals surface area (Å²) in [6.45, 7) is 18.0. The Bertz CT molecular complexity index is 656. The number of nitrogens with zero attached hydrogens (tertiary/aromatic N) is 4. The molecule has 4 nitrogen and oxygen atoms in total. The molecule has 0 amide bonds. The monoisotopic (exact) mass is 368 g/mol. The lowest BCUT2D eigenvalue weighted by molar-refractivity contribution is -0.101. The van der Waals surface area contributed by atoms with Crippen molar-refractivity contribution in [3.05, 3.63) is 36.1 Å². The third kappa shape index (κ3) is 3.65. The minimum atomic E-state index is 0.409. The Hall–Kier alpha value is -1.42. The van der Waals surface area contributed by atoms with E-state index < -0.39 is 0 Å². The fraction of sp³-hybridized carbons (Fsp3) is 0.739. The predicted octanol–water partition coefficient (Wildman–Crippen LogP) is 4.41. The van der Waals surface area contributed by atoms with Crippen molar-refractivity contribution in [3.8, 4) is 0 Å². The molecule has 3 aliphatic rings. The first-order valence-electron chi connectivity index (χ1n) is 10.9. The van der Waals surface area contributed by atoms with Crippen molar-refractivity contribution in [2.75, 3.05) is 26.2 Å². The molecule has 3 heterocycles. The Kier molecular flexibility index (Phi) is 5.04. The fourth-order valence-electron chi connectivity index (χ4n) is 5.24. The number of aromatic nitrogens is 2. The van der Waals surface area contributed by atoms with Gasteiger partial charge in [0.15, 0.2) is 0 Å². The summed E-state index contributed by atoms with van der Waals surface area (Å²) in [6.07, 6.45) is 9.45. The van der Waals surface area contributed by atoms with Gasteiger partial charge in [0.05, 0.1) is 0 Å². The first-order valence-corrected chi connectivity index (χ1v) is 10.9. The summed E-state index contributed by atoms with van der Waals surface area (Å²) >= 11 is 0. The van der Waals surface area contributed by atoms with E-state index in [4.69, 9.17) is 0 Å². The van der Waals surface area contributed by atoms with E-state index >= 15 is 0 Å². The number of hydrogen-bond acceptors (Lipinski definition) is 4. The summed E-state index contributed by atoms with van der Waals surface area (Å²) in [5, 5.41) is 0. The first kappa shape index (κ1) is 18.9. The average Bonchev–Trinajstić information content (AvgIpc) is 2.59. The lowest BCUT2D eigenvalue weighted by atomic mass is 9.59. The Morgan fingerprint density at radius 2 is 1.67 bits per heavy atom. The molecule has 0 aromatic carbocycles. The van der Waals surface area contributed by atoms with E-state index in [1.54, 1.807) is 0 Å². The van der Waals surface area contributed by atoms with Crippen LogP contribution in [0.1, 0.15) is 76.6 Å². The number of likely N-dealkylation sites (tertiary alicyclic amines) is 2. The highest BCUT2D eigenvalue weighted by Crippen LogP contribution is 2.52. The van der Waals surface area contributed by atoms with Gasteiger partial charge in [-0.25, -0.2) is 9.97 Å². The van der Waals surface area contributed by atoms with E-state index in [0.717, 1.165) is 11.9 Å². The van der Waals surface area contributed by atoms with Gasteiger partial charge in [-0.2, -0.15) is 0 Å². The topological polar surface area (TPSA) is 32.3 Å². The second-order valence-corrected chi connectivity index (χ2v) is 9.90. The molecule has 27 heavy (non-hydrogen) atoms. The van der Waals surface area contributed by atoms with Crippen LogP contribution in [0, 0.1) is 11.3 Å². The molecule has 0 bridgehead atoms. The van der Waals surface area contributed by atoms with Gasteiger partial charge < -0.3 is 9.80 Å². The molecule has 1 aliphatic carbocycles. The zero-order valence-corrected chi connectivity index (χ0v) is 17.6. The molecule has 2 aliphatic heterocycles. The van der Waals surface area contributed by atoms with Gasteiger partial charge in [0.1, 0.15) is 5.82 Å². The average molecular weight is 369 g/mol. The van der Waals surface area contributed by atoms with Crippen LogP contribution in [0.25, 0.3) is 0 Å². The van der Waals surface area contributed by atoms with Crippen LogP contribution in [0.4, 0.5) is 0 Å². The van der Waals surface area contributed by atoms with Gasteiger partial charge in [0.2, 0.25) is 0 Å². The van der Waals surface area contributed by atoms with Crippen molar-refractivity contribution >= 4 is 0 Å². The van der Waals surface area contributed by atoms with Crippen molar-refractivity contribution in [1.82, 2.24) is 19.8 Å². The van der Waals surface area contributed by atoms with Gasteiger partial charge >= 0.3 is 0 Å². The molecule has 2 saturated heterocycles. The maximum Gasteiger partial charge on any atom is 0.130 e. The molecule has 1 aromatic heterocycles. The highest BCUT2D eigenvalue weighted by molar-refractivity contribution is 5.16. The van der Waals surface area contributed by atoms with Crippen LogP contribution in [-0.4, -0.2) is 52.0 Å². The molecular weight excluding hydrogens is 332 g/mol. The normalized spacial score (nSPS) is 23.7. The standard InChI is InChI=1S/C23H36N4/c1-16(2)18(5)27-14-23(15-27)10-21(11-23)26-8-6-19(7-9-26)20-12-24-22(17(3)4)25-13-20/h12-13,16-17,19,21H,5-11,14-15H2,1-4H3. The number of allylic oxidation sites excluding steroid dienone is 1. The van der Waals surface area contributed by atoms with Gasteiger partial charge in [0.25, 0.3) is 0 Å². The van der Waals surface area contributed by atoms with E-state index in [2.05, 4.69) is 66.4 Å². The molecule has 0 N–H and O–H groups in total.